The molecular formula is C26H41N3O7. The average Bonchev–Trinajstić information content (AvgIpc) is 2.77. The van der Waals surface area contributed by atoms with Crippen LogP contribution >= 0.6 is 0 Å². The number of hydrogen-bond acceptors (Lipinski definition) is 7. The lowest BCUT2D eigenvalue weighted by Crippen LogP contribution is -2.54. The highest BCUT2D eigenvalue weighted by molar-refractivity contribution is 5.92. The monoisotopic (exact) mass is 507 g/mol. The maximum absolute atomic E-state index is 13.6. The maximum atomic E-state index is 13.6. The second kappa shape index (κ2) is 13.7. The number of aromatic hydroxyl groups is 1. The van der Waals surface area contributed by atoms with E-state index in [0.717, 1.165) is 0 Å². The number of alkyl carbamates (subject to hydrolysis) is 1. The van der Waals surface area contributed by atoms with Crippen molar-refractivity contribution in [2.24, 2.45) is 0 Å². The molecule has 0 aliphatic carbocycles. The molecule has 36 heavy (non-hydrogen) atoms. The summed E-state index contributed by atoms with van der Waals surface area (Å²) in [7, 11) is 0. The van der Waals surface area contributed by atoms with Gasteiger partial charge in [0, 0.05) is 18.2 Å². The molecule has 0 aromatic heterocycles. The van der Waals surface area contributed by atoms with Gasteiger partial charge in [-0.15, -0.1) is 0 Å². The molecule has 1 aromatic carbocycles. The van der Waals surface area contributed by atoms with Crippen LogP contribution in [0.25, 0.3) is 0 Å². The van der Waals surface area contributed by atoms with Crippen molar-refractivity contribution in [3.8, 4) is 5.75 Å². The summed E-state index contributed by atoms with van der Waals surface area (Å²) in [5, 5.41) is 16.0. The number of aryl methyl sites for hydroxylation is 1. The van der Waals surface area contributed by atoms with Gasteiger partial charge in [-0.2, -0.15) is 0 Å². The van der Waals surface area contributed by atoms with Gasteiger partial charge in [0.2, 0.25) is 11.8 Å². The number of phenolic OH excluding ortho intramolecular Hbond substituents is 1. The van der Waals surface area contributed by atoms with Crippen LogP contribution in [-0.4, -0.2) is 64.7 Å². The summed E-state index contributed by atoms with van der Waals surface area (Å²) >= 11 is 0. The lowest BCUT2D eigenvalue weighted by molar-refractivity contribution is -0.145. The number of benzene rings is 1. The van der Waals surface area contributed by atoms with Gasteiger partial charge < -0.3 is 30.1 Å². The second-order valence-corrected chi connectivity index (χ2v) is 9.63. The molecule has 3 amide bonds. The van der Waals surface area contributed by atoms with Crippen LogP contribution in [0.5, 0.6) is 5.75 Å². The second-order valence-electron chi connectivity index (χ2n) is 9.63. The first-order valence-corrected chi connectivity index (χ1v) is 12.3. The minimum Gasteiger partial charge on any atom is -0.507 e. The standard InChI is InChI=1S/C26H41N3O7/c1-9-17(4)29(24(33)18(5)28-25(34)36-26(6,7)8)21(19-13-11-12-16(3)22(19)31)23(32)27-15-14-20(30)35-10-2/h11-13,17-18,21,31H,9-10,14-15H2,1-8H3,(H,27,32)(H,28,34). The van der Waals surface area contributed by atoms with Crippen LogP contribution < -0.4 is 10.6 Å². The number of nitrogens with one attached hydrogen (secondary N) is 2. The normalized spacial score (nSPS) is 13.7. The van der Waals surface area contributed by atoms with Gasteiger partial charge in [0.15, 0.2) is 0 Å². The molecule has 0 radical (unpaired) electrons. The van der Waals surface area contributed by atoms with Crippen molar-refractivity contribution in [2.45, 2.75) is 92.0 Å². The predicted molar refractivity (Wildman–Crippen MR) is 135 cm³/mol. The molecule has 0 heterocycles. The molecule has 0 aliphatic heterocycles. The van der Waals surface area contributed by atoms with Crippen molar-refractivity contribution in [3.63, 3.8) is 0 Å². The summed E-state index contributed by atoms with van der Waals surface area (Å²) in [5.74, 6) is -1.67. The molecule has 0 bridgehead atoms. The summed E-state index contributed by atoms with van der Waals surface area (Å²) < 4.78 is 10.2. The van der Waals surface area contributed by atoms with Crippen LogP contribution in [0.2, 0.25) is 0 Å². The molecule has 0 spiro atoms. The Kier molecular flexibility index (Phi) is 11.7. The number of para-hydroxylation sites is 1. The van der Waals surface area contributed by atoms with Gasteiger partial charge in [-0.1, -0.05) is 25.1 Å². The molecule has 1 aromatic rings. The van der Waals surface area contributed by atoms with Gasteiger partial charge >= 0.3 is 12.1 Å². The molecule has 0 aliphatic rings. The Labute approximate surface area is 213 Å². The van der Waals surface area contributed by atoms with Gasteiger partial charge in [-0.25, -0.2) is 4.79 Å². The lowest BCUT2D eigenvalue weighted by Gasteiger charge is -2.37. The van der Waals surface area contributed by atoms with Gasteiger partial charge in [-0.3, -0.25) is 14.4 Å². The minimum absolute atomic E-state index is 0.00497. The molecular weight excluding hydrogens is 466 g/mol. The van der Waals surface area contributed by atoms with E-state index in [1.807, 2.05) is 6.92 Å². The third-order valence-corrected chi connectivity index (χ3v) is 5.45. The van der Waals surface area contributed by atoms with Crippen LogP contribution in [0.1, 0.15) is 78.5 Å². The van der Waals surface area contributed by atoms with Crippen molar-refractivity contribution in [1.82, 2.24) is 15.5 Å². The molecule has 202 valence electrons. The van der Waals surface area contributed by atoms with E-state index in [1.54, 1.807) is 59.7 Å². The van der Waals surface area contributed by atoms with Gasteiger partial charge in [0.05, 0.1) is 13.0 Å². The first kappa shape index (κ1) is 30.7. The molecule has 3 N–H and O–H groups in total. The van der Waals surface area contributed by atoms with Gasteiger partial charge in [-0.05, 0) is 60.5 Å². The van der Waals surface area contributed by atoms with Crippen molar-refractivity contribution in [2.75, 3.05) is 13.2 Å². The van der Waals surface area contributed by atoms with Gasteiger partial charge in [0.25, 0.3) is 0 Å². The first-order valence-electron chi connectivity index (χ1n) is 12.3. The zero-order valence-electron chi connectivity index (χ0n) is 22.6. The van der Waals surface area contributed by atoms with E-state index in [0.29, 0.717) is 12.0 Å². The highest BCUT2D eigenvalue weighted by Crippen LogP contribution is 2.33. The summed E-state index contributed by atoms with van der Waals surface area (Å²) in [5.41, 5.74) is 0.0212. The van der Waals surface area contributed by atoms with E-state index in [-0.39, 0.29) is 30.9 Å². The van der Waals surface area contributed by atoms with E-state index < -0.39 is 47.6 Å². The van der Waals surface area contributed by atoms with Crippen molar-refractivity contribution < 1.29 is 33.8 Å². The van der Waals surface area contributed by atoms with Gasteiger partial charge in [0.1, 0.15) is 23.4 Å². The fraction of sp³-hybridized carbons (Fsp3) is 0.615. The quantitative estimate of drug-likeness (QED) is 0.391. The van der Waals surface area contributed by atoms with Crippen LogP contribution in [0.15, 0.2) is 18.2 Å². The number of esters is 1. The van der Waals surface area contributed by atoms with Crippen LogP contribution in [0.3, 0.4) is 0 Å². The largest absolute Gasteiger partial charge is 0.507 e. The third-order valence-electron chi connectivity index (χ3n) is 5.45. The molecule has 10 heteroatoms. The number of nitrogens with zero attached hydrogens (tertiary/aromatic N) is 1. The maximum Gasteiger partial charge on any atom is 0.408 e. The predicted octanol–water partition coefficient (Wildman–Crippen LogP) is 3.35. The Balaban J connectivity index is 3.36. The summed E-state index contributed by atoms with van der Waals surface area (Å²) in [6.07, 6.45) is -0.300. The Hall–Kier alpha value is -3.30. The number of carbonyl (C=O) groups excluding carboxylic acids is 4. The molecule has 0 saturated heterocycles. The molecule has 0 saturated carbocycles. The molecule has 0 fully saturated rings. The zero-order valence-corrected chi connectivity index (χ0v) is 22.6. The summed E-state index contributed by atoms with van der Waals surface area (Å²) in [6.45, 7) is 13.9. The Morgan fingerprint density at radius 3 is 2.31 bits per heavy atom. The lowest BCUT2D eigenvalue weighted by atomic mass is 9.97. The van der Waals surface area contributed by atoms with E-state index in [2.05, 4.69) is 10.6 Å². The number of phenols is 1. The Bertz CT molecular complexity index is 927. The molecule has 1 rings (SSSR count). The smallest absolute Gasteiger partial charge is 0.408 e. The number of rotatable bonds is 11. The highest BCUT2D eigenvalue weighted by atomic mass is 16.6. The van der Waals surface area contributed by atoms with Crippen LogP contribution in [-0.2, 0) is 23.9 Å². The van der Waals surface area contributed by atoms with Crippen molar-refractivity contribution >= 4 is 23.9 Å². The average molecular weight is 508 g/mol. The third kappa shape index (κ3) is 9.05. The van der Waals surface area contributed by atoms with E-state index in [9.17, 15) is 24.3 Å². The number of hydrogen-bond donors (Lipinski definition) is 3. The van der Waals surface area contributed by atoms with E-state index in [4.69, 9.17) is 9.47 Å². The van der Waals surface area contributed by atoms with Crippen molar-refractivity contribution in [3.05, 3.63) is 29.3 Å². The summed E-state index contributed by atoms with van der Waals surface area (Å²) in [6, 6.07) is 2.29. The summed E-state index contributed by atoms with van der Waals surface area (Å²) in [4.78, 5) is 52.5. The number of ether oxygens (including phenoxy) is 2. The number of carbonyl (C=O) groups is 4. The number of amides is 3. The fourth-order valence-electron chi connectivity index (χ4n) is 3.50. The molecule has 3 unspecified atom stereocenters. The Morgan fingerprint density at radius 1 is 1.11 bits per heavy atom. The van der Waals surface area contributed by atoms with Crippen LogP contribution in [0.4, 0.5) is 4.79 Å². The minimum atomic E-state index is -1.21. The Morgan fingerprint density at radius 2 is 1.75 bits per heavy atom. The molecule has 10 nitrogen and oxygen atoms in total. The first-order chi connectivity index (χ1) is 16.7. The SMILES string of the molecule is CCOC(=O)CCNC(=O)C(c1cccc(C)c1O)N(C(=O)C(C)NC(=O)OC(C)(C)C)C(C)CC. The zero-order chi connectivity index (χ0) is 27.6. The van der Waals surface area contributed by atoms with E-state index >= 15 is 0 Å². The highest BCUT2D eigenvalue weighted by Gasteiger charge is 2.38. The fourth-order valence-corrected chi connectivity index (χ4v) is 3.50. The molecule has 3 atom stereocenters. The van der Waals surface area contributed by atoms with Crippen LogP contribution in [0, 0.1) is 6.92 Å². The van der Waals surface area contributed by atoms with Crippen molar-refractivity contribution in [1.29, 1.82) is 0 Å². The topological polar surface area (TPSA) is 134 Å². The van der Waals surface area contributed by atoms with E-state index in [1.165, 1.54) is 11.8 Å².